The first kappa shape index (κ1) is 48.4. The third-order valence-electron chi connectivity index (χ3n) is 9.88. The van der Waals surface area contributed by atoms with E-state index in [9.17, 15) is 14.4 Å². The Morgan fingerprint density at radius 2 is 1.78 bits per heavy atom. The second-order valence-corrected chi connectivity index (χ2v) is 14.9. The van der Waals surface area contributed by atoms with Crippen molar-refractivity contribution in [2.75, 3.05) is 58.3 Å². The molecule has 1 spiro atoms. The SMILES string of the molecule is [CH-]=O.[CH2-]N1CCOC2(C1)CN(CCCOc1cc(C(N)=O)cc3sc(=NC)n(C/C=C/Cn4c(NC(=O)c5cc(C)nn5CC)nc5cc(C(N)=O)ccc54)c13)C2.[Rb+].[Re]. The fourth-order valence-corrected chi connectivity index (χ4v) is 8.39. The largest absolute Gasteiger partial charge is 1.00 e. The van der Waals surface area contributed by atoms with Crippen LogP contribution in [0.4, 0.5) is 5.95 Å². The van der Waals surface area contributed by atoms with Crippen molar-refractivity contribution in [3.8, 4) is 5.75 Å². The van der Waals surface area contributed by atoms with Crippen LogP contribution in [-0.2, 0) is 49.6 Å². The van der Waals surface area contributed by atoms with Crippen molar-refractivity contribution in [3.63, 3.8) is 0 Å². The molecule has 5 aromatic rings. The third-order valence-corrected chi connectivity index (χ3v) is 11.0. The number of nitrogens with one attached hydrogen (secondary N) is 1. The molecule has 59 heavy (non-hydrogen) atoms. The number of nitrogens with two attached hydrogens (primary N) is 2. The van der Waals surface area contributed by atoms with Crippen LogP contribution >= 0.6 is 11.3 Å². The van der Waals surface area contributed by atoms with Gasteiger partial charge in [0.1, 0.15) is 22.6 Å². The molecule has 2 saturated heterocycles. The Bertz CT molecular complexity index is 2400. The zero-order chi connectivity index (χ0) is 40.9. The van der Waals surface area contributed by atoms with Crippen molar-refractivity contribution >= 4 is 63.0 Å². The Labute approximate surface area is 408 Å². The number of aromatic nitrogens is 5. The van der Waals surface area contributed by atoms with E-state index < -0.39 is 11.8 Å². The van der Waals surface area contributed by atoms with E-state index in [1.54, 1.807) is 48.1 Å². The number of morpholine rings is 1. The van der Waals surface area contributed by atoms with Crippen LogP contribution in [0.25, 0.3) is 21.3 Å². The van der Waals surface area contributed by atoms with Crippen LogP contribution in [0.3, 0.4) is 0 Å². The third kappa shape index (κ3) is 11.0. The standard InChI is InChI=1S/C38H46N11O5S.CHO.Rb.Re/c1-5-49-29(17-24(2)44-49)35(52)43-36-42-27-18-25(33(39)50)9-10-28(27)47(36)12-6-7-13-48-32-30(19-26(34(40)51)20-31(32)55-37(48)41-3)53-15-8-11-46-22-38(23-46)21-45(4)14-16-54-38;1-2;;/h6-7,9-10,17-20H,4-5,8,11-16,21-23H2,1-3H3,(H2,39,50)(H2,40,51)(H,42,43,52);1H;;/q2*-1;+1;/b7-6+,41-37?;;;. The molecule has 2 aliphatic rings. The summed E-state index contributed by atoms with van der Waals surface area (Å²) in [6, 6.07) is 10.2. The van der Waals surface area contributed by atoms with E-state index in [4.69, 9.17) is 25.7 Å². The molecule has 3 amide bonds. The van der Waals surface area contributed by atoms with E-state index in [0.717, 1.165) is 59.9 Å². The number of thiazole rings is 1. The zero-order valence-electron chi connectivity index (χ0n) is 33.6. The van der Waals surface area contributed by atoms with Crippen LogP contribution in [-0.4, -0.2) is 117 Å². The number of ether oxygens (including phenoxy) is 2. The van der Waals surface area contributed by atoms with Gasteiger partial charge in [0.2, 0.25) is 17.8 Å². The number of primary amides is 2. The smallest absolute Gasteiger partial charge is 0.545 e. The summed E-state index contributed by atoms with van der Waals surface area (Å²) >= 11 is 1.45. The molecule has 0 saturated carbocycles. The Morgan fingerprint density at radius 1 is 1.07 bits per heavy atom. The summed E-state index contributed by atoms with van der Waals surface area (Å²) < 4.78 is 18.8. The van der Waals surface area contributed by atoms with Crippen molar-refractivity contribution in [2.24, 2.45) is 16.5 Å². The Kier molecular flexibility index (Phi) is 17.7. The Hall–Kier alpha value is -3.22. The van der Waals surface area contributed by atoms with Gasteiger partial charge in [-0.2, -0.15) is 5.10 Å². The predicted octanol–water partition coefficient (Wildman–Crippen LogP) is -0.511. The number of rotatable bonds is 14. The molecule has 309 valence electrons. The maximum atomic E-state index is 13.4. The molecule has 3 aromatic heterocycles. The molecular formula is C39H47N11O6RbReS-. The fraction of sp³-hybridized carbons (Fsp3) is 0.385. The summed E-state index contributed by atoms with van der Waals surface area (Å²) in [5, 5.41) is 7.34. The summed E-state index contributed by atoms with van der Waals surface area (Å²) in [6.45, 7) is 13.8. The molecule has 0 bridgehead atoms. The normalized spacial score (nSPS) is 15.4. The van der Waals surface area contributed by atoms with Gasteiger partial charge in [-0.3, -0.25) is 48.1 Å². The van der Waals surface area contributed by atoms with Crippen molar-refractivity contribution in [1.82, 2.24) is 33.7 Å². The van der Waals surface area contributed by atoms with Gasteiger partial charge in [0.25, 0.3) is 5.91 Å². The first-order chi connectivity index (χ1) is 27.5. The number of amides is 3. The second kappa shape index (κ2) is 21.5. The van der Waals surface area contributed by atoms with Crippen LogP contribution < -0.4 is 84.5 Å². The van der Waals surface area contributed by atoms with Gasteiger partial charge in [-0.25, -0.2) is 4.98 Å². The molecule has 2 aromatic carbocycles. The van der Waals surface area contributed by atoms with Gasteiger partial charge in [0.05, 0.1) is 34.6 Å². The molecule has 1 radical (unpaired) electrons. The number of anilines is 1. The van der Waals surface area contributed by atoms with Crippen molar-refractivity contribution in [3.05, 3.63) is 82.9 Å². The van der Waals surface area contributed by atoms with Gasteiger partial charge in [0.15, 0.2) is 4.80 Å². The van der Waals surface area contributed by atoms with Crippen molar-refractivity contribution in [1.29, 1.82) is 0 Å². The summed E-state index contributed by atoms with van der Waals surface area (Å²) in [5.41, 5.74) is 15.0. The van der Waals surface area contributed by atoms with Gasteiger partial charge in [-0.1, -0.05) is 23.5 Å². The summed E-state index contributed by atoms with van der Waals surface area (Å²) in [5.74, 6) is -0.589. The maximum absolute atomic E-state index is 13.4. The van der Waals surface area contributed by atoms with E-state index in [1.807, 2.05) is 35.1 Å². The van der Waals surface area contributed by atoms with Gasteiger partial charge < -0.3 is 39.8 Å². The number of imidazole rings is 1. The van der Waals surface area contributed by atoms with E-state index in [-0.39, 0.29) is 90.1 Å². The van der Waals surface area contributed by atoms with Gasteiger partial charge in [0, 0.05) is 84.4 Å². The quantitative estimate of drug-likeness (QED) is 0.0562. The molecule has 0 atom stereocenters. The number of carbonyl (C=O) groups excluding carboxylic acids is 4. The minimum absolute atomic E-state index is 0. The molecule has 20 heteroatoms. The first-order valence-corrected chi connectivity index (χ1v) is 19.3. The van der Waals surface area contributed by atoms with Crippen molar-refractivity contribution < 1.29 is 107 Å². The molecule has 17 nitrogen and oxygen atoms in total. The van der Waals surface area contributed by atoms with Crippen LogP contribution in [0.1, 0.15) is 50.2 Å². The predicted molar refractivity (Wildman–Crippen MR) is 217 cm³/mol. The number of nitrogens with zero attached hydrogens (tertiary/aromatic N) is 8. The van der Waals surface area contributed by atoms with E-state index >= 15 is 0 Å². The van der Waals surface area contributed by atoms with Crippen LogP contribution in [0.15, 0.2) is 53.5 Å². The van der Waals surface area contributed by atoms with E-state index in [1.165, 1.54) is 11.3 Å². The minimum Gasteiger partial charge on any atom is -0.545 e. The average Bonchev–Trinajstić information content (AvgIpc) is 3.86. The summed E-state index contributed by atoms with van der Waals surface area (Å²) in [6.07, 6.45) is 4.76. The van der Waals surface area contributed by atoms with Crippen molar-refractivity contribution in [2.45, 2.75) is 45.5 Å². The molecule has 5 N–H and O–H groups in total. The van der Waals surface area contributed by atoms with Crippen LogP contribution in [0.5, 0.6) is 5.75 Å². The zero-order valence-corrected chi connectivity index (χ0v) is 42.1. The topological polar surface area (TPSA) is 210 Å². The Morgan fingerprint density at radius 3 is 2.44 bits per heavy atom. The monoisotopic (exact) mass is 1070 g/mol. The molecule has 0 unspecified atom stereocenters. The Balaban J connectivity index is 0.00000189. The summed E-state index contributed by atoms with van der Waals surface area (Å²) in [7, 11) is 5.81. The molecule has 0 aliphatic carbocycles. The van der Waals surface area contributed by atoms with Crippen LogP contribution in [0.2, 0.25) is 0 Å². The number of carbonyl (C=O) groups is 3. The van der Waals surface area contributed by atoms with E-state index in [0.29, 0.717) is 72.4 Å². The number of allylic oxidation sites excluding steroid dienone is 2. The molecule has 2 aliphatic heterocycles. The first-order valence-electron chi connectivity index (χ1n) is 18.5. The second-order valence-electron chi connectivity index (χ2n) is 13.9. The number of aryl methyl sites for hydroxylation is 2. The number of likely N-dealkylation sites (tertiary alicyclic amines) is 1. The van der Waals surface area contributed by atoms with Gasteiger partial charge in [-0.05, 0) is 63.2 Å². The van der Waals surface area contributed by atoms with Crippen LogP contribution in [0, 0.1) is 14.0 Å². The summed E-state index contributed by atoms with van der Waals surface area (Å²) in [4.78, 5) is 59.8. The van der Waals surface area contributed by atoms with E-state index in [2.05, 4.69) is 44.0 Å². The molecule has 2 fully saturated rings. The average molecular weight is 1070 g/mol. The number of hydrogen-bond acceptors (Lipinski definition) is 12. The van der Waals surface area contributed by atoms with Gasteiger partial charge in [-0.15, -0.1) is 0 Å². The number of fused-ring (bicyclic) bond motifs is 2. The molecule has 7 rings (SSSR count). The van der Waals surface area contributed by atoms with Gasteiger partial charge >= 0.3 is 58.2 Å². The maximum Gasteiger partial charge on any atom is 1.00 e. The number of benzene rings is 2. The number of hydrogen-bond donors (Lipinski definition) is 3. The molecular weight excluding hydrogens is 1020 g/mol. The molecule has 5 heterocycles. The minimum atomic E-state index is -0.572. The fourth-order valence-electron chi connectivity index (χ4n) is 7.33.